The Hall–Kier alpha value is -3.58. The Labute approximate surface area is 200 Å². The van der Waals surface area contributed by atoms with Crippen molar-refractivity contribution in [1.82, 2.24) is 25.9 Å². The lowest BCUT2D eigenvalue weighted by Crippen LogP contribution is -2.46. The van der Waals surface area contributed by atoms with E-state index in [1.807, 2.05) is 24.3 Å². The summed E-state index contributed by atoms with van der Waals surface area (Å²) >= 11 is 0. The molecule has 3 aromatic rings. The van der Waals surface area contributed by atoms with Crippen LogP contribution in [0.25, 0.3) is 0 Å². The fraction of sp³-hybridized carbons (Fsp3) is 0.333. The number of hydrogen-bond donors (Lipinski definition) is 3. The highest BCUT2D eigenvalue weighted by molar-refractivity contribution is 5.96. The van der Waals surface area contributed by atoms with Crippen molar-refractivity contribution >= 4 is 11.8 Å². The number of carbonyl (C=O) groups excluding carboxylic acids is 2. The maximum Gasteiger partial charge on any atom is 0.270 e. The first-order chi connectivity index (χ1) is 16.7. The van der Waals surface area contributed by atoms with Gasteiger partial charge < -0.3 is 16.0 Å². The van der Waals surface area contributed by atoms with Crippen LogP contribution in [-0.2, 0) is 11.3 Å². The molecule has 3 atom stereocenters. The average molecular weight is 458 g/mol. The van der Waals surface area contributed by atoms with E-state index in [2.05, 4.69) is 50.2 Å². The number of nitrogens with zero attached hydrogens (tertiary/aromatic N) is 2. The minimum Gasteiger partial charge on any atom is -0.349 e. The molecule has 1 aliphatic carbocycles. The number of nitrogens with one attached hydrogen (secondary N) is 3. The third kappa shape index (κ3) is 6.96. The van der Waals surface area contributed by atoms with Crippen molar-refractivity contribution in [2.75, 3.05) is 6.54 Å². The van der Waals surface area contributed by atoms with Crippen molar-refractivity contribution in [2.45, 2.75) is 50.2 Å². The Balaban J connectivity index is 1.24. The number of amides is 2. The Morgan fingerprint density at radius 1 is 0.912 bits per heavy atom. The number of hydrogen-bond acceptors (Lipinski definition) is 5. The van der Waals surface area contributed by atoms with E-state index >= 15 is 0 Å². The predicted octanol–water partition coefficient (Wildman–Crippen LogP) is 3.21. The molecule has 1 aromatic carbocycles. The highest BCUT2D eigenvalue weighted by Gasteiger charge is 2.37. The fourth-order valence-corrected chi connectivity index (χ4v) is 4.05. The molecule has 0 spiro atoms. The molecule has 1 saturated carbocycles. The summed E-state index contributed by atoms with van der Waals surface area (Å²) in [4.78, 5) is 33.8. The van der Waals surface area contributed by atoms with E-state index in [0.29, 0.717) is 30.6 Å². The van der Waals surface area contributed by atoms with E-state index in [0.717, 1.165) is 25.1 Å². The predicted molar refractivity (Wildman–Crippen MR) is 131 cm³/mol. The van der Waals surface area contributed by atoms with Gasteiger partial charge in [0, 0.05) is 24.4 Å². The number of benzene rings is 1. The van der Waals surface area contributed by atoms with Gasteiger partial charge in [-0.1, -0.05) is 42.5 Å². The van der Waals surface area contributed by atoms with Crippen LogP contribution in [0.15, 0.2) is 79.1 Å². The van der Waals surface area contributed by atoms with Crippen LogP contribution in [0.2, 0.25) is 0 Å². The highest BCUT2D eigenvalue weighted by atomic mass is 16.2. The molecule has 0 saturated heterocycles. The molecule has 2 amide bonds. The Morgan fingerprint density at radius 2 is 1.68 bits per heavy atom. The summed E-state index contributed by atoms with van der Waals surface area (Å²) in [5.74, 6) is 0.0404. The first kappa shape index (κ1) is 23.6. The Kier molecular flexibility index (Phi) is 8.35. The van der Waals surface area contributed by atoms with Gasteiger partial charge in [0.1, 0.15) is 11.7 Å². The van der Waals surface area contributed by atoms with E-state index in [-0.39, 0.29) is 11.8 Å². The van der Waals surface area contributed by atoms with Crippen molar-refractivity contribution < 1.29 is 9.59 Å². The lowest BCUT2D eigenvalue weighted by molar-refractivity contribution is -0.123. The van der Waals surface area contributed by atoms with E-state index in [1.54, 1.807) is 30.6 Å². The number of carbonyl (C=O) groups is 2. The molecule has 3 N–H and O–H groups in total. The SMILES string of the molecule is O=C(N[C@@H](CCCCN[C@@H]1C[C@H]1c1ccccc1)C(=O)NCc1ccccn1)c1ccccn1. The maximum atomic E-state index is 12.9. The molecule has 0 unspecified atom stereocenters. The molecule has 0 bridgehead atoms. The van der Waals surface area contributed by atoms with Gasteiger partial charge in [0.2, 0.25) is 5.91 Å². The molecule has 176 valence electrons. The van der Waals surface area contributed by atoms with E-state index in [9.17, 15) is 9.59 Å². The van der Waals surface area contributed by atoms with Gasteiger partial charge in [0.15, 0.2) is 0 Å². The summed E-state index contributed by atoms with van der Waals surface area (Å²) in [6.45, 7) is 1.21. The number of pyridine rings is 2. The zero-order valence-corrected chi connectivity index (χ0v) is 19.2. The second-order valence-corrected chi connectivity index (χ2v) is 8.59. The summed E-state index contributed by atoms with van der Waals surface area (Å²) in [5, 5.41) is 9.37. The lowest BCUT2D eigenvalue weighted by Gasteiger charge is -2.18. The Bertz CT molecular complexity index is 1050. The van der Waals surface area contributed by atoms with Crippen LogP contribution in [0.5, 0.6) is 0 Å². The van der Waals surface area contributed by atoms with Crippen molar-refractivity contribution in [3.8, 4) is 0 Å². The molecule has 7 nitrogen and oxygen atoms in total. The summed E-state index contributed by atoms with van der Waals surface area (Å²) in [5.41, 5.74) is 2.46. The smallest absolute Gasteiger partial charge is 0.270 e. The van der Waals surface area contributed by atoms with Crippen LogP contribution < -0.4 is 16.0 Å². The first-order valence-electron chi connectivity index (χ1n) is 11.9. The van der Waals surface area contributed by atoms with Gasteiger partial charge in [-0.3, -0.25) is 19.6 Å². The van der Waals surface area contributed by atoms with Gasteiger partial charge in [-0.15, -0.1) is 0 Å². The molecule has 34 heavy (non-hydrogen) atoms. The molecular weight excluding hydrogens is 426 g/mol. The van der Waals surface area contributed by atoms with Crippen LogP contribution >= 0.6 is 0 Å². The quantitative estimate of drug-likeness (QED) is 0.363. The van der Waals surface area contributed by atoms with Crippen LogP contribution in [0.1, 0.15) is 53.3 Å². The standard InChI is InChI=1S/C27H31N5O2/c33-26(31-19-21-12-4-7-15-28-21)24(32-27(34)23-13-5-8-16-29-23)14-6-9-17-30-25-18-22(25)20-10-2-1-3-11-20/h1-5,7-8,10-13,15-16,22,24-25,30H,6,9,14,17-19H2,(H,31,33)(H,32,34)/t22-,24-,25+/m0/s1. The summed E-state index contributed by atoms with van der Waals surface area (Å²) in [7, 11) is 0. The topological polar surface area (TPSA) is 96.0 Å². The second-order valence-electron chi connectivity index (χ2n) is 8.59. The summed E-state index contributed by atoms with van der Waals surface area (Å²) in [6, 6.07) is 21.2. The third-order valence-electron chi connectivity index (χ3n) is 6.03. The van der Waals surface area contributed by atoms with Gasteiger partial charge in [-0.2, -0.15) is 0 Å². The van der Waals surface area contributed by atoms with Crippen LogP contribution in [0.4, 0.5) is 0 Å². The van der Waals surface area contributed by atoms with E-state index in [4.69, 9.17) is 0 Å². The maximum absolute atomic E-state index is 12.9. The fourth-order valence-electron chi connectivity index (χ4n) is 4.05. The van der Waals surface area contributed by atoms with Crippen molar-refractivity contribution in [2.24, 2.45) is 0 Å². The second kappa shape index (κ2) is 12.0. The van der Waals surface area contributed by atoms with Crippen LogP contribution in [0, 0.1) is 0 Å². The summed E-state index contributed by atoms with van der Waals surface area (Å²) < 4.78 is 0. The number of rotatable bonds is 12. The molecule has 2 heterocycles. The molecule has 1 aliphatic rings. The minimum atomic E-state index is -0.629. The van der Waals surface area contributed by atoms with Crippen LogP contribution in [-0.4, -0.2) is 40.4 Å². The van der Waals surface area contributed by atoms with Crippen molar-refractivity contribution in [3.05, 3.63) is 96.1 Å². The molecular formula is C27H31N5O2. The largest absolute Gasteiger partial charge is 0.349 e. The van der Waals surface area contributed by atoms with Gasteiger partial charge in [-0.25, -0.2) is 0 Å². The lowest BCUT2D eigenvalue weighted by atomic mass is 10.1. The van der Waals surface area contributed by atoms with Gasteiger partial charge in [0.25, 0.3) is 5.91 Å². The monoisotopic (exact) mass is 457 g/mol. The highest BCUT2D eigenvalue weighted by Crippen LogP contribution is 2.40. The summed E-state index contributed by atoms with van der Waals surface area (Å²) in [6.07, 6.45) is 6.74. The normalized spacial score (nSPS) is 17.5. The number of aromatic nitrogens is 2. The molecule has 0 aliphatic heterocycles. The zero-order chi connectivity index (χ0) is 23.6. The van der Waals surface area contributed by atoms with E-state index < -0.39 is 6.04 Å². The van der Waals surface area contributed by atoms with Crippen molar-refractivity contribution in [1.29, 1.82) is 0 Å². The molecule has 1 fully saturated rings. The average Bonchev–Trinajstić information content (AvgIpc) is 3.67. The third-order valence-corrected chi connectivity index (χ3v) is 6.03. The van der Waals surface area contributed by atoms with Gasteiger partial charge >= 0.3 is 0 Å². The molecule has 7 heteroatoms. The minimum absolute atomic E-state index is 0.214. The van der Waals surface area contributed by atoms with E-state index in [1.165, 1.54) is 12.0 Å². The molecule has 0 radical (unpaired) electrons. The van der Waals surface area contributed by atoms with Gasteiger partial charge in [-0.05, 0) is 62.1 Å². The van der Waals surface area contributed by atoms with Gasteiger partial charge in [0.05, 0.1) is 12.2 Å². The first-order valence-corrected chi connectivity index (χ1v) is 11.9. The van der Waals surface area contributed by atoms with Crippen LogP contribution in [0.3, 0.4) is 0 Å². The Morgan fingerprint density at radius 3 is 2.41 bits per heavy atom. The zero-order valence-electron chi connectivity index (χ0n) is 19.2. The van der Waals surface area contributed by atoms with Crippen molar-refractivity contribution in [3.63, 3.8) is 0 Å². The molecule has 2 aromatic heterocycles. The number of unbranched alkanes of at least 4 members (excludes halogenated alkanes) is 1. The molecule has 4 rings (SSSR count).